The van der Waals surface area contributed by atoms with E-state index in [1.165, 1.54) is 5.56 Å². The van der Waals surface area contributed by atoms with Crippen LogP contribution >= 0.6 is 0 Å². The van der Waals surface area contributed by atoms with Crippen LogP contribution in [0.25, 0.3) is 0 Å². The first-order valence-corrected chi connectivity index (χ1v) is 8.03. The summed E-state index contributed by atoms with van der Waals surface area (Å²) in [6.07, 6.45) is 0. The van der Waals surface area contributed by atoms with E-state index in [4.69, 9.17) is 10.5 Å². The van der Waals surface area contributed by atoms with Crippen LogP contribution in [0.15, 0.2) is 24.3 Å². The Bertz CT molecular complexity index is 409. The molecule has 0 aliphatic rings. The number of benzene rings is 1. The van der Waals surface area contributed by atoms with Gasteiger partial charge in [-0.2, -0.15) is 0 Å². The van der Waals surface area contributed by atoms with Gasteiger partial charge in [-0.25, -0.2) is 0 Å². The van der Waals surface area contributed by atoms with Gasteiger partial charge in [-0.15, -0.1) is 0 Å². The lowest BCUT2D eigenvalue weighted by Gasteiger charge is -2.20. The van der Waals surface area contributed by atoms with Crippen molar-refractivity contribution < 1.29 is 8.95 Å². The molecular formula is C15H25NO2S. The third kappa shape index (κ3) is 5.43. The molecule has 0 heterocycles. The highest BCUT2D eigenvalue weighted by molar-refractivity contribution is 7.85. The predicted molar refractivity (Wildman–Crippen MR) is 81.8 cm³/mol. The van der Waals surface area contributed by atoms with Crippen LogP contribution < -0.4 is 5.73 Å². The zero-order valence-electron chi connectivity index (χ0n) is 12.3. The molecule has 0 amide bonds. The van der Waals surface area contributed by atoms with Gasteiger partial charge in [-0.3, -0.25) is 4.21 Å². The Hall–Kier alpha value is -0.710. The van der Waals surface area contributed by atoms with Crippen LogP contribution in [-0.2, 0) is 21.0 Å². The molecule has 3 nitrogen and oxygen atoms in total. The quantitative estimate of drug-likeness (QED) is 0.872. The van der Waals surface area contributed by atoms with E-state index in [2.05, 4.69) is 32.9 Å². The molecule has 1 aromatic rings. The smallest absolute Gasteiger partial charge is 0.0577 e. The molecular weight excluding hydrogens is 258 g/mol. The Labute approximate surface area is 119 Å². The fourth-order valence-corrected chi connectivity index (χ4v) is 2.90. The van der Waals surface area contributed by atoms with Crippen molar-refractivity contribution in [3.05, 3.63) is 35.4 Å². The van der Waals surface area contributed by atoms with Crippen LogP contribution in [0.5, 0.6) is 0 Å². The molecule has 2 N–H and O–H groups in total. The minimum absolute atomic E-state index is 0.143. The van der Waals surface area contributed by atoms with Gasteiger partial charge in [0.1, 0.15) is 0 Å². The van der Waals surface area contributed by atoms with Gasteiger partial charge < -0.3 is 10.5 Å². The lowest BCUT2D eigenvalue weighted by Crippen LogP contribution is -2.21. The molecule has 0 radical (unpaired) electrons. The molecule has 108 valence electrons. The molecule has 19 heavy (non-hydrogen) atoms. The van der Waals surface area contributed by atoms with Crippen molar-refractivity contribution in [2.24, 2.45) is 5.73 Å². The second-order valence-electron chi connectivity index (χ2n) is 5.78. The monoisotopic (exact) mass is 283 g/mol. The van der Waals surface area contributed by atoms with E-state index in [-0.39, 0.29) is 11.5 Å². The molecule has 0 saturated carbocycles. The fourth-order valence-electron chi connectivity index (χ4n) is 1.79. The van der Waals surface area contributed by atoms with E-state index in [1.807, 2.05) is 12.1 Å². The standard InChI is InChI=1S/C15H25NO2S/c1-15(2,3)13-7-5-12(6-8-13)14(16)11-19(17)10-9-18-4/h5-8,14H,9-11,16H2,1-4H3. The van der Waals surface area contributed by atoms with Crippen molar-refractivity contribution in [3.63, 3.8) is 0 Å². The van der Waals surface area contributed by atoms with Crippen LogP contribution in [0, 0.1) is 0 Å². The van der Waals surface area contributed by atoms with E-state index in [0.29, 0.717) is 18.1 Å². The second kappa shape index (κ2) is 7.17. The minimum atomic E-state index is -0.923. The van der Waals surface area contributed by atoms with E-state index in [9.17, 15) is 4.21 Å². The molecule has 4 heteroatoms. The summed E-state index contributed by atoms with van der Waals surface area (Å²) in [7, 11) is 0.691. The summed E-state index contributed by atoms with van der Waals surface area (Å²) in [5.41, 5.74) is 8.56. The average Bonchev–Trinajstić information content (AvgIpc) is 2.35. The summed E-state index contributed by atoms with van der Waals surface area (Å²) in [6, 6.07) is 8.12. The zero-order valence-corrected chi connectivity index (χ0v) is 13.1. The summed E-state index contributed by atoms with van der Waals surface area (Å²) >= 11 is 0. The molecule has 0 saturated heterocycles. The molecule has 0 fully saturated rings. The summed E-state index contributed by atoms with van der Waals surface area (Å²) in [5.74, 6) is 1.03. The molecule has 2 unspecified atom stereocenters. The zero-order chi connectivity index (χ0) is 14.5. The lowest BCUT2D eigenvalue weighted by molar-refractivity contribution is 0.218. The molecule has 1 aromatic carbocycles. The van der Waals surface area contributed by atoms with Crippen molar-refractivity contribution in [1.29, 1.82) is 0 Å². The van der Waals surface area contributed by atoms with Gasteiger partial charge >= 0.3 is 0 Å². The maximum atomic E-state index is 11.8. The summed E-state index contributed by atoms with van der Waals surface area (Å²) in [4.78, 5) is 0. The largest absolute Gasteiger partial charge is 0.384 e. The van der Waals surface area contributed by atoms with E-state index in [1.54, 1.807) is 7.11 Å². The highest BCUT2D eigenvalue weighted by atomic mass is 32.2. The number of rotatable bonds is 6. The first-order chi connectivity index (χ1) is 8.84. The topological polar surface area (TPSA) is 52.3 Å². The number of hydrogen-bond acceptors (Lipinski definition) is 3. The van der Waals surface area contributed by atoms with Crippen LogP contribution in [0.2, 0.25) is 0 Å². The van der Waals surface area contributed by atoms with Gasteiger partial charge in [-0.1, -0.05) is 45.0 Å². The van der Waals surface area contributed by atoms with Crippen LogP contribution in [0.1, 0.15) is 37.9 Å². The highest BCUT2D eigenvalue weighted by Gasteiger charge is 2.15. The number of methoxy groups -OCH3 is 1. The molecule has 0 aliphatic heterocycles. The van der Waals surface area contributed by atoms with E-state index >= 15 is 0 Å². The third-order valence-electron chi connectivity index (χ3n) is 3.09. The van der Waals surface area contributed by atoms with E-state index in [0.717, 1.165) is 5.56 Å². The SMILES string of the molecule is COCCS(=O)CC(N)c1ccc(C(C)(C)C)cc1. The van der Waals surface area contributed by atoms with Gasteiger partial charge in [0.25, 0.3) is 0 Å². The van der Waals surface area contributed by atoms with Gasteiger partial charge in [0.05, 0.1) is 6.61 Å². The molecule has 0 spiro atoms. The predicted octanol–water partition coefficient (Wildman–Crippen LogP) is 2.38. The summed E-state index contributed by atoms with van der Waals surface area (Å²) in [6.45, 7) is 7.06. The molecule has 1 rings (SSSR count). The van der Waals surface area contributed by atoms with Crippen molar-refractivity contribution >= 4 is 10.8 Å². The molecule has 0 aromatic heterocycles. The second-order valence-corrected chi connectivity index (χ2v) is 7.40. The first-order valence-electron chi connectivity index (χ1n) is 6.54. The van der Waals surface area contributed by atoms with Crippen molar-refractivity contribution in [1.82, 2.24) is 0 Å². The molecule has 0 aliphatic carbocycles. The van der Waals surface area contributed by atoms with Crippen molar-refractivity contribution in [3.8, 4) is 0 Å². The highest BCUT2D eigenvalue weighted by Crippen LogP contribution is 2.23. The first kappa shape index (κ1) is 16.3. The Balaban J connectivity index is 2.63. The number of hydrogen-bond donors (Lipinski definition) is 1. The lowest BCUT2D eigenvalue weighted by atomic mass is 9.86. The normalized spacial score (nSPS) is 15.2. The number of nitrogens with two attached hydrogens (primary N) is 1. The summed E-state index contributed by atoms with van der Waals surface area (Å²) < 4.78 is 16.7. The average molecular weight is 283 g/mol. The van der Waals surface area contributed by atoms with Crippen molar-refractivity contribution in [2.75, 3.05) is 25.2 Å². The molecule has 2 atom stereocenters. The van der Waals surface area contributed by atoms with Crippen molar-refractivity contribution in [2.45, 2.75) is 32.2 Å². The Morgan fingerprint density at radius 1 is 1.26 bits per heavy atom. The third-order valence-corrected chi connectivity index (χ3v) is 4.44. The fraction of sp³-hybridized carbons (Fsp3) is 0.600. The van der Waals surface area contributed by atoms with Gasteiger partial charge in [-0.05, 0) is 16.5 Å². The van der Waals surface area contributed by atoms with Gasteiger partial charge in [0, 0.05) is 35.5 Å². The van der Waals surface area contributed by atoms with Crippen LogP contribution in [0.3, 0.4) is 0 Å². The van der Waals surface area contributed by atoms with E-state index < -0.39 is 10.8 Å². The molecule has 0 bridgehead atoms. The Morgan fingerprint density at radius 3 is 2.32 bits per heavy atom. The van der Waals surface area contributed by atoms with Crippen LogP contribution in [0.4, 0.5) is 0 Å². The Kier molecular flexibility index (Phi) is 6.17. The van der Waals surface area contributed by atoms with Crippen LogP contribution in [-0.4, -0.2) is 29.4 Å². The number of ether oxygens (including phenoxy) is 1. The summed E-state index contributed by atoms with van der Waals surface area (Å²) in [5, 5.41) is 0. The Morgan fingerprint density at radius 2 is 1.84 bits per heavy atom. The maximum absolute atomic E-state index is 11.8. The maximum Gasteiger partial charge on any atom is 0.0577 e. The minimum Gasteiger partial charge on any atom is -0.384 e. The van der Waals surface area contributed by atoms with Gasteiger partial charge in [0.2, 0.25) is 0 Å². The van der Waals surface area contributed by atoms with Gasteiger partial charge in [0.15, 0.2) is 0 Å².